The van der Waals surface area contributed by atoms with Gasteiger partial charge in [0.05, 0.1) is 10.3 Å². The van der Waals surface area contributed by atoms with Crippen molar-refractivity contribution in [2.45, 2.75) is 53.8 Å². The number of pyridine rings is 1. The largest absolute Gasteiger partial charge is 0.335 e. The molecule has 1 aromatic heterocycles. The molecule has 0 radical (unpaired) electrons. The van der Waals surface area contributed by atoms with Gasteiger partial charge in [-0.3, -0.25) is 10.1 Å². The molecule has 1 aliphatic rings. The van der Waals surface area contributed by atoms with Crippen molar-refractivity contribution in [1.82, 2.24) is 19.9 Å². The highest BCUT2D eigenvalue weighted by atomic mass is 32.2. The minimum absolute atomic E-state index is 0.0832. The van der Waals surface area contributed by atoms with Gasteiger partial charge < -0.3 is 5.32 Å². The van der Waals surface area contributed by atoms with Gasteiger partial charge >= 0.3 is 6.03 Å². The van der Waals surface area contributed by atoms with Gasteiger partial charge in [-0.15, -0.1) is 0 Å². The third-order valence-corrected chi connectivity index (χ3v) is 6.93. The van der Waals surface area contributed by atoms with Crippen LogP contribution in [0.3, 0.4) is 0 Å². The molecule has 1 atom stereocenters. The minimum Gasteiger partial charge on any atom is -0.335 e. The highest BCUT2D eigenvalue weighted by molar-refractivity contribution is 8.00. The molecule has 0 bridgehead atoms. The number of aromatic nitrogens is 1. The highest BCUT2D eigenvalue weighted by Gasteiger charge is 2.22. The highest BCUT2D eigenvalue weighted by Crippen LogP contribution is 2.23. The molecule has 1 fully saturated rings. The lowest BCUT2D eigenvalue weighted by Crippen LogP contribution is -2.45. The molecule has 26 heavy (non-hydrogen) atoms. The van der Waals surface area contributed by atoms with Crippen LogP contribution in [-0.2, 0) is 14.8 Å². The van der Waals surface area contributed by atoms with E-state index >= 15 is 0 Å². The topological polar surface area (TPSA) is 108 Å². The molecule has 2 N–H and O–H groups in total. The van der Waals surface area contributed by atoms with Crippen molar-refractivity contribution in [3.8, 4) is 0 Å². The van der Waals surface area contributed by atoms with E-state index in [1.165, 1.54) is 26.4 Å². The SMILES string of the molecule is C[C@H](Sc1ccc(S(=O)(=O)N(C)C)cn1)C(=O)NC(=O)NC1CCCC1. The maximum Gasteiger partial charge on any atom is 0.321 e. The number of amides is 3. The fraction of sp³-hybridized carbons (Fsp3) is 0.562. The fourth-order valence-corrected chi connectivity index (χ4v) is 4.18. The summed E-state index contributed by atoms with van der Waals surface area (Å²) in [6.07, 6.45) is 5.33. The number of hydrogen-bond acceptors (Lipinski definition) is 6. The van der Waals surface area contributed by atoms with E-state index in [0.717, 1.165) is 41.8 Å². The molecule has 0 unspecified atom stereocenters. The monoisotopic (exact) mass is 400 g/mol. The van der Waals surface area contributed by atoms with Crippen LogP contribution in [0.5, 0.6) is 0 Å². The molecular weight excluding hydrogens is 376 g/mol. The first-order chi connectivity index (χ1) is 12.2. The van der Waals surface area contributed by atoms with E-state index in [0.29, 0.717) is 5.03 Å². The van der Waals surface area contributed by atoms with Crippen LogP contribution in [0.25, 0.3) is 0 Å². The van der Waals surface area contributed by atoms with Crippen LogP contribution in [0.2, 0.25) is 0 Å². The number of sulfonamides is 1. The van der Waals surface area contributed by atoms with Crippen molar-refractivity contribution in [2.24, 2.45) is 0 Å². The number of imide groups is 1. The summed E-state index contributed by atoms with van der Waals surface area (Å²) in [5.74, 6) is -0.419. The second-order valence-electron chi connectivity index (χ2n) is 6.32. The Bertz CT molecular complexity index is 744. The van der Waals surface area contributed by atoms with E-state index in [4.69, 9.17) is 0 Å². The molecule has 0 aromatic carbocycles. The number of thioether (sulfide) groups is 1. The molecule has 1 aromatic rings. The maximum absolute atomic E-state index is 12.1. The first kappa shape index (κ1) is 20.7. The number of nitrogens with zero attached hydrogens (tertiary/aromatic N) is 2. The summed E-state index contributed by atoms with van der Waals surface area (Å²) in [5.41, 5.74) is 0. The average Bonchev–Trinajstić information content (AvgIpc) is 3.07. The van der Waals surface area contributed by atoms with Gasteiger partial charge in [0.1, 0.15) is 4.90 Å². The molecule has 8 nitrogen and oxygen atoms in total. The Morgan fingerprint density at radius 1 is 1.27 bits per heavy atom. The van der Waals surface area contributed by atoms with Crippen molar-refractivity contribution in [3.63, 3.8) is 0 Å². The second kappa shape index (κ2) is 8.83. The van der Waals surface area contributed by atoms with E-state index in [9.17, 15) is 18.0 Å². The molecule has 1 heterocycles. The third-order valence-electron chi connectivity index (χ3n) is 4.08. The molecule has 144 valence electrons. The molecule has 2 rings (SSSR count). The van der Waals surface area contributed by atoms with Crippen molar-refractivity contribution < 1.29 is 18.0 Å². The number of carbonyl (C=O) groups is 2. The molecule has 0 saturated heterocycles. The van der Waals surface area contributed by atoms with Crippen LogP contribution in [0.15, 0.2) is 28.3 Å². The summed E-state index contributed by atoms with van der Waals surface area (Å²) in [5, 5.41) is 5.09. The third kappa shape index (κ3) is 5.42. The number of carbonyl (C=O) groups excluding carboxylic acids is 2. The number of urea groups is 1. The Labute approximate surface area is 158 Å². The van der Waals surface area contributed by atoms with Crippen LogP contribution < -0.4 is 10.6 Å². The van der Waals surface area contributed by atoms with Crippen LogP contribution in [0.4, 0.5) is 4.79 Å². The second-order valence-corrected chi connectivity index (χ2v) is 9.84. The summed E-state index contributed by atoms with van der Waals surface area (Å²) in [7, 11) is -0.646. The summed E-state index contributed by atoms with van der Waals surface area (Å²) in [4.78, 5) is 28.1. The molecular formula is C16H24N4O4S2. The van der Waals surface area contributed by atoms with Gasteiger partial charge in [-0.05, 0) is 31.9 Å². The Kier molecular flexibility index (Phi) is 7.01. The fourth-order valence-electron chi connectivity index (χ4n) is 2.54. The Morgan fingerprint density at radius 3 is 2.46 bits per heavy atom. The Balaban J connectivity index is 1.89. The van der Waals surface area contributed by atoms with Crippen molar-refractivity contribution >= 4 is 33.7 Å². The normalized spacial score (nSPS) is 16.5. The summed E-state index contributed by atoms with van der Waals surface area (Å²) in [6, 6.07) is 2.65. The van der Waals surface area contributed by atoms with E-state index in [1.54, 1.807) is 13.0 Å². The van der Waals surface area contributed by atoms with Crippen molar-refractivity contribution in [1.29, 1.82) is 0 Å². The van der Waals surface area contributed by atoms with Crippen LogP contribution in [0, 0.1) is 0 Å². The lowest BCUT2D eigenvalue weighted by atomic mass is 10.2. The number of nitrogens with one attached hydrogen (secondary N) is 2. The maximum atomic E-state index is 12.1. The van der Waals surface area contributed by atoms with E-state index in [1.807, 2.05) is 0 Å². The lowest BCUT2D eigenvalue weighted by molar-refractivity contribution is -0.119. The van der Waals surface area contributed by atoms with E-state index < -0.39 is 27.2 Å². The number of rotatable bonds is 6. The van der Waals surface area contributed by atoms with Crippen molar-refractivity contribution in [2.75, 3.05) is 14.1 Å². The standard InChI is InChI=1S/C16H24N4O4S2/c1-11(15(21)19-16(22)18-12-6-4-5-7-12)25-14-9-8-13(10-17-14)26(23,24)20(2)3/h8-12H,4-7H2,1-3H3,(H2,18,19,21,22)/t11-/m0/s1. The lowest BCUT2D eigenvalue weighted by Gasteiger charge is -2.15. The zero-order valence-electron chi connectivity index (χ0n) is 15.1. The summed E-state index contributed by atoms with van der Waals surface area (Å²) in [6.45, 7) is 1.66. The Hall–Kier alpha value is -1.65. The molecule has 0 spiro atoms. The predicted octanol–water partition coefficient (Wildman–Crippen LogP) is 1.58. The first-order valence-corrected chi connectivity index (χ1v) is 10.7. The van der Waals surface area contributed by atoms with Gasteiger partial charge in [0.25, 0.3) is 0 Å². The summed E-state index contributed by atoms with van der Waals surface area (Å²) < 4.78 is 25.1. The average molecular weight is 401 g/mol. The first-order valence-electron chi connectivity index (χ1n) is 8.36. The molecule has 1 saturated carbocycles. The van der Waals surface area contributed by atoms with Gasteiger partial charge in [0.2, 0.25) is 15.9 Å². The van der Waals surface area contributed by atoms with Gasteiger partial charge in [-0.25, -0.2) is 22.5 Å². The molecule has 1 aliphatic carbocycles. The number of hydrogen-bond donors (Lipinski definition) is 2. The van der Waals surface area contributed by atoms with Crippen LogP contribution in [0.1, 0.15) is 32.6 Å². The van der Waals surface area contributed by atoms with E-state index in [2.05, 4.69) is 15.6 Å². The smallest absolute Gasteiger partial charge is 0.321 e. The van der Waals surface area contributed by atoms with Gasteiger partial charge in [0.15, 0.2) is 0 Å². The molecule has 10 heteroatoms. The Morgan fingerprint density at radius 2 is 1.92 bits per heavy atom. The predicted molar refractivity (Wildman–Crippen MR) is 99.4 cm³/mol. The van der Waals surface area contributed by atoms with Crippen LogP contribution >= 0.6 is 11.8 Å². The molecule has 3 amide bonds. The van der Waals surface area contributed by atoms with Crippen LogP contribution in [-0.4, -0.2) is 55.0 Å². The zero-order valence-corrected chi connectivity index (χ0v) is 16.7. The summed E-state index contributed by atoms with van der Waals surface area (Å²) >= 11 is 1.15. The van der Waals surface area contributed by atoms with Gasteiger partial charge in [0, 0.05) is 26.3 Å². The van der Waals surface area contributed by atoms with Gasteiger partial charge in [-0.1, -0.05) is 24.6 Å². The van der Waals surface area contributed by atoms with Crippen molar-refractivity contribution in [3.05, 3.63) is 18.3 Å². The zero-order chi connectivity index (χ0) is 19.3. The van der Waals surface area contributed by atoms with Gasteiger partial charge in [-0.2, -0.15) is 0 Å². The quantitative estimate of drug-likeness (QED) is 0.702. The van der Waals surface area contributed by atoms with E-state index in [-0.39, 0.29) is 10.9 Å². The minimum atomic E-state index is -3.54. The molecule has 0 aliphatic heterocycles.